The zero-order valence-electron chi connectivity index (χ0n) is 20.2. The molecular formula is C27H34N2O3. The van der Waals surface area contributed by atoms with Gasteiger partial charge in [-0.15, -0.1) is 0 Å². The summed E-state index contributed by atoms with van der Waals surface area (Å²) in [6.45, 7) is 10.6. The number of aryl methyl sites for hydroxylation is 1. The van der Waals surface area contributed by atoms with E-state index in [1.807, 2.05) is 75.3 Å². The highest BCUT2D eigenvalue weighted by atomic mass is 16.3. The molecule has 5 nitrogen and oxygen atoms in total. The summed E-state index contributed by atoms with van der Waals surface area (Å²) < 4.78 is 0. The maximum atomic E-state index is 13.1. The molecule has 3 rings (SSSR count). The fourth-order valence-corrected chi connectivity index (χ4v) is 4.14. The maximum absolute atomic E-state index is 13.1. The van der Waals surface area contributed by atoms with Gasteiger partial charge >= 0.3 is 0 Å². The van der Waals surface area contributed by atoms with E-state index in [-0.39, 0.29) is 16.7 Å². The first kappa shape index (κ1) is 23.6. The average molecular weight is 435 g/mol. The number of nitrogens with zero attached hydrogens (tertiary/aromatic N) is 2. The van der Waals surface area contributed by atoms with Crippen LogP contribution in [0.5, 0.6) is 0 Å². The first-order valence-corrected chi connectivity index (χ1v) is 11.1. The van der Waals surface area contributed by atoms with Crippen LogP contribution in [-0.4, -0.2) is 42.3 Å². The van der Waals surface area contributed by atoms with Gasteiger partial charge in [-0.1, -0.05) is 52.0 Å². The zero-order valence-corrected chi connectivity index (χ0v) is 20.2. The summed E-state index contributed by atoms with van der Waals surface area (Å²) in [5.74, 6) is -1.29. The molecule has 0 saturated carbocycles. The van der Waals surface area contributed by atoms with E-state index in [2.05, 4.69) is 20.8 Å². The molecule has 32 heavy (non-hydrogen) atoms. The zero-order chi connectivity index (χ0) is 23.8. The van der Waals surface area contributed by atoms with Crippen LogP contribution in [0.3, 0.4) is 0 Å². The molecule has 0 spiro atoms. The fraction of sp³-hybridized carbons (Fsp3) is 0.407. The summed E-state index contributed by atoms with van der Waals surface area (Å²) in [4.78, 5) is 29.7. The Balaban J connectivity index is 2.22. The lowest BCUT2D eigenvalue weighted by Crippen LogP contribution is -2.30. The van der Waals surface area contributed by atoms with E-state index in [0.29, 0.717) is 12.1 Å². The predicted molar refractivity (Wildman–Crippen MR) is 130 cm³/mol. The minimum atomic E-state index is -0.627. The Morgan fingerprint density at radius 1 is 1.06 bits per heavy atom. The van der Waals surface area contributed by atoms with Gasteiger partial charge in [-0.3, -0.25) is 9.59 Å². The van der Waals surface area contributed by atoms with E-state index >= 15 is 0 Å². The molecule has 1 fully saturated rings. The number of anilines is 1. The standard InChI is InChI=1S/C27H34N2O3/c1-8-15-29-23(18-10-13-20(14-11-18)28(6)7)22(25(31)26(29)32)24(30)21-16-19(27(3,4)5)12-9-17(21)2/h9-14,16,23,30H,8,15H2,1-7H3/b24-22+. The van der Waals surface area contributed by atoms with E-state index in [1.165, 1.54) is 0 Å². The van der Waals surface area contributed by atoms with E-state index in [4.69, 9.17) is 0 Å². The average Bonchev–Trinajstić information content (AvgIpc) is 2.98. The van der Waals surface area contributed by atoms with Crippen molar-refractivity contribution in [2.24, 2.45) is 0 Å². The number of benzene rings is 2. The van der Waals surface area contributed by atoms with Crippen LogP contribution in [0.4, 0.5) is 5.69 Å². The summed E-state index contributed by atoms with van der Waals surface area (Å²) >= 11 is 0. The highest BCUT2D eigenvalue weighted by Crippen LogP contribution is 2.41. The predicted octanol–water partition coefficient (Wildman–Crippen LogP) is 5.19. The number of aliphatic hydroxyl groups excluding tert-OH is 1. The molecule has 1 N–H and O–H groups in total. The Morgan fingerprint density at radius 2 is 1.69 bits per heavy atom. The first-order chi connectivity index (χ1) is 15.0. The monoisotopic (exact) mass is 434 g/mol. The molecule has 0 aliphatic carbocycles. The summed E-state index contributed by atoms with van der Waals surface area (Å²) in [5.41, 5.74) is 4.40. The molecule has 170 valence electrons. The van der Waals surface area contributed by atoms with Crippen LogP contribution in [0.25, 0.3) is 5.76 Å². The number of hydrogen-bond acceptors (Lipinski definition) is 4. The summed E-state index contributed by atoms with van der Waals surface area (Å²) in [5, 5.41) is 11.4. The molecule has 0 aromatic heterocycles. The Kier molecular flexibility index (Phi) is 6.49. The Morgan fingerprint density at radius 3 is 2.22 bits per heavy atom. The Labute approximate surface area is 191 Å². The molecule has 1 aliphatic heterocycles. The number of rotatable bonds is 5. The van der Waals surface area contributed by atoms with Gasteiger partial charge in [0.15, 0.2) is 0 Å². The quantitative estimate of drug-likeness (QED) is 0.400. The highest BCUT2D eigenvalue weighted by Gasteiger charge is 2.45. The highest BCUT2D eigenvalue weighted by molar-refractivity contribution is 6.46. The van der Waals surface area contributed by atoms with E-state index < -0.39 is 17.7 Å². The fourth-order valence-electron chi connectivity index (χ4n) is 4.14. The molecule has 2 aromatic rings. The third-order valence-electron chi connectivity index (χ3n) is 6.09. The second-order valence-corrected chi connectivity index (χ2v) is 9.76. The number of likely N-dealkylation sites (tertiary alicyclic amines) is 1. The third-order valence-corrected chi connectivity index (χ3v) is 6.09. The third kappa shape index (κ3) is 4.29. The van der Waals surface area contributed by atoms with Crippen LogP contribution in [0.2, 0.25) is 0 Å². The van der Waals surface area contributed by atoms with Gasteiger partial charge in [0.2, 0.25) is 0 Å². The van der Waals surface area contributed by atoms with Gasteiger partial charge in [-0.25, -0.2) is 0 Å². The van der Waals surface area contributed by atoms with Crippen LogP contribution in [-0.2, 0) is 15.0 Å². The topological polar surface area (TPSA) is 60.9 Å². The Bertz CT molecular complexity index is 1060. The number of hydrogen-bond donors (Lipinski definition) is 1. The lowest BCUT2D eigenvalue weighted by Gasteiger charge is -2.26. The SMILES string of the molecule is CCCN1C(=O)C(=O)/C(=C(/O)c2cc(C(C)(C)C)ccc2C)C1c1ccc(N(C)C)cc1. The largest absolute Gasteiger partial charge is 0.507 e. The molecule has 0 radical (unpaired) electrons. The van der Waals surface area contributed by atoms with Crippen LogP contribution < -0.4 is 4.90 Å². The summed E-state index contributed by atoms with van der Waals surface area (Å²) in [7, 11) is 3.92. The van der Waals surface area contributed by atoms with E-state index in [9.17, 15) is 14.7 Å². The minimum Gasteiger partial charge on any atom is -0.507 e. The summed E-state index contributed by atoms with van der Waals surface area (Å²) in [6.07, 6.45) is 0.720. The van der Waals surface area contributed by atoms with Crippen LogP contribution in [0.15, 0.2) is 48.0 Å². The van der Waals surface area contributed by atoms with Gasteiger partial charge in [0.25, 0.3) is 11.7 Å². The number of carbonyl (C=O) groups is 2. The molecule has 2 aromatic carbocycles. The molecule has 1 amide bonds. The second kappa shape index (κ2) is 8.81. The summed E-state index contributed by atoms with van der Waals surface area (Å²) in [6, 6.07) is 13.1. The molecule has 1 atom stereocenters. The van der Waals surface area contributed by atoms with Crippen molar-refractivity contribution >= 4 is 23.1 Å². The molecular weight excluding hydrogens is 400 g/mol. The number of amides is 1. The van der Waals surface area contributed by atoms with E-state index in [0.717, 1.165) is 28.8 Å². The first-order valence-electron chi connectivity index (χ1n) is 11.1. The number of carbonyl (C=O) groups excluding carboxylic acids is 2. The van der Waals surface area contributed by atoms with Crippen molar-refractivity contribution in [1.29, 1.82) is 0 Å². The second-order valence-electron chi connectivity index (χ2n) is 9.76. The van der Waals surface area contributed by atoms with Gasteiger partial charge in [0.05, 0.1) is 11.6 Å². The van der Waals surface area contributed by atoms with Gasteiger partial charge in [0.1, 0.15) is 5.76 Å². The van der Waals surface area contributed by atoms with Crippen molar-refractivity contribution < 1.29 is 14.7 Å². The van der Waals surface area contributed by atoms with Crippen molar-refractivity contribution in [3.05, 3.63) is 70.3 Å². The van der Waals surface area contributed by atoms with Gasteiger partial charge in [-0.05, 0) is 53.6 Å². The van der Waals surface area contributed by atoms with Crippen molar-refractivity contribution in [2.45, 2.75) is 52.5 Å². The number of ketones is 1. The number of Topliss-reactive ketones (excluding diaryl/α,β-unsaturated/α-hetero) is 1. The molecule has 1 aliphatic rings. The molecule has 1 heterocycles. The van der Waals surface area contributed by atoms with Crippen LogP contribution >= 0.6 is 0 Å². The lowest BCUT2D eigenvalue weighted by molar-refractivity contribution is -0.139. The van der Waals surface area contributed by atoms with Crippen molar-refractivity contribution in [2.75, 3.05) is 25.5 Å². The van der Waals surface area contributed by atoms with Crippen molar-refractivity contribution in [1.82, 2.24) is 4.90 Å². The van der Waals surface area contributed by atoms with Crippen molar-refractivity contribution in [3.8, 4) is 0 Å². The van der Waals surface area contributed by atoms with Crippen molar-refractivity contribution in [3.63, 3.8) is 0 Å². The van der Waals surface area contributed by atoms with Gasteiger partial charge in [-0.2, -0.15) is 0 Å². The lowest BCUT2D eigenvalue weighted by atomic mass is 9.84. The minimum absolute atomic E-state index is 0.104. The molecule has 0 bridgehead atoms. The molecule has 5 heteroatoms. The van der Waals surface area contributed by atoms with E-state index in [1.54, 1.807) is 4.90 Å². The van der Waals surface area contributed by atoms with Gasteiger partial charge < -0.3 is 14.9 Å². The molecule has 1 unspecified atom stereocenters. The van der Waals surface area contributed by atoms with Crippen LogP contribution in [0, 0.1) is 6.92 Å². The van der Waals surface area contributed by atoms with Gasteiger partial charge in [0, 0.05) is 31.9 Å². The smallest absolute Gasteiger partial charge is 0.295 e. The normalized spacial score (nSPS) is 18.3. The van der Waals surface area contributed by atoms with Crippen LogP contribution in [0.1, 0.15) is 62.4 Å². The molecule has 1 saturated heterocycles. The maximum Gasteiger partial charge on any atom is 0.295 e. The Hall–Kier alpha value is -3.08. The number of aliphatic hydroxyl groups is 1.